The number of hydrogen-bond donors (Lipinski definition) is 1. The van der Waals surface area contributed by atoms with E-state index in [9.17, 15) is 14.4 Å². The van der Waals surface area contributed by atoms with E-state index in [1.54, 1.807) is 21.0 Å². The van der Waals surface area contributed by atoms with E-state index in [1.807, 2.05) is 31.2 Å². The van der Waals surface area contributed by atoms with Gasteiger partial charge in [0.05, 0.1) is 19.3 Å². The predicted octanol–water partition coefficient (Wildman–Crippen LogP) is 3.66. The zero-order chi connectivity index (χ0) is 21.4. The van der Waals surface area contributed by atoms with Gasteiger partial charge in [0.25, 0.3) is 5.91 Å². The first-order valence-electron chi connectivity index (χ1n) is 9.21. The molecule has 2 rings (SSSR count). The van der Waals surface area contributed by atoms with Gasteiger partial charge in [0.15, 0.2) is 6.61 Å². The third-order valence-corrected chi connectivity index (χ3v) is 5.40. The standard InChI is InChI=1S/C21H25NO6S/c1-5-27-21(25)19-13(2)14(3)29-20(19)22-17(23)12-28-18(24)11-10-15-8-6-7-9-16(15)26-4/h6-9H,5,10-12H2,1-4H3,(H,22,23). The van der Waals surface area contributed by atoms with Crippen molar-refractivity contribution in [1.29, 1.82) is 0 Å². The summed E-state index contributed by atoms with van der Waals surface area (Å²) in [6.07, 6.45) is 0.569. The van der Waals surface area contributed by atoms with Gasteiger partial charge in [0, 0.05) is 11.3 Å². The summed E-state index contributed by atoms with van der Waals surface area (Å²) in [5.74, 6) is -0.788. The Morgan fingerprint density at radius 1 is 1.10 bits per heavy atom. The van der Waals surface area contributed by atoms with Gasteiger partial charge in [-0.15, -0.1) is 11.3 Å². The second-order valence-corrected chi connectivity index (χ2v) is 7.45. The molecule has 0 aliphatic carbocycles. The van der Waals surface area contributed by atoms with E-state index in [2.05, 4.69) is 5.32 Å². The van der Waals surface area contributed by atoms with E-state index in [-0.39, 0.29) is 13.0 Å². The van der Waals surface area contributed by atoms with Gasteiger partial charge in [-0.1, -0.05) is 18.2 Å². The zero-order valence-electron chi connectivity index (χ0n) is 17.0. The van der Waals surface area contributed by atoms with Crippen LogP contribution >= 0.6 is 11.3 Å². The SMILES string of the molecule is CCOC(=O)c1c(NC(=O)COC(=O)CCc2ccccc2OC)sc(C)c1C. The molecule has 7 nitrogen and oxygen atoms in total. The minimum absolute atomic E-state index is 0.124. The molecule has 0 unspecified atom stereocenters. The highest BCUT2D eigenvalue weighted by Crippen LogP contribution is 2.33. The largest absolute Gasteiger partial charge is 0.496 e. The second-order valence-electron chi connectivity index (χ2n) is 6.23. The highest BCUT2D eigenvalue weighted by Gasteiger charge is 2.22. The molecule has 2 aromatic rings. The van der Waals surface area contributed by atoms with E-state index in [0.29, 0.717) is 22.7 Å². The number of nitrogens with one attached hydrogen (secondary N) is 1. The summed E-state index contributed by atoms with van der Waals surface area (Å²) in [6, 6.07) is 7.41. The van der Waals surface area contributed by atoms with E-state index in [4.69, 9.17) is 14.2 Å². The average molecular weight is 419 g/mol. The molecule has 0 saturated heterocycles. The zero-order valence-corrected chi connectivity index (χ0v) is 17.8. The third kappa shape index (κ3) is 6.05. The van der Waals surface area contributed by atoms with Crippen LogP contribution in [-0.4, -0.2) is 38.2 Å². The van der Waals surface area contributed by atoms with Gasteiger partial charge in [-0.25, -0.2) is 4.79 Å². The van der Waals surface area contributed by atoms with Crippen LogP contribution in [0.4, 0.5) is 5.00 Å². The van der Waals surface area contributed by atoms with Crippen molar-refractivity contribution in [1.82, 2.24) is 0 Å². The van der Waals surface area contributed by atoms with Gasteiger partial charge in [-0.05, 0) is 44.4 Å². The van der Waals surface area contributed by atoms with Crippen molar-refractivity contribution in [3.8, 4) is 5.75 Å². The molecule has 0 aliphatic heterocycles. The summed E-state index contributed by atoms with van der Waals surface area (Å²) in [4.78, 5) is 37.2. The van der Waals surface area contributed by atoms with E-state index >= 15 is 0 Å². The Labute approximate surface area is 174 Å². The number of benzene rings is 1. The van der Waals surface area contributed by atoms with Crippen molar-refractivity contribution in [3.63, 3.8) is 0 Å². The molecule has 1 aromatic heterocycles. The summed E-state index contributed by atoms with van der Waals surface area (Å²) >= 11 is 1.28. The normalized spacial score (nSPS) is 10.3. The van der Waals surface area contributed by atoms with Crippen LogP contribution in [-0.2, 0) is 25.5 Å². The Morgan fingerprint density at radius 3 is 2.52 bits per heavy atom. The highest BCUT2D eigenvalue weighted by atomic mass is 32.1. The summed E-state index contributed by atoms with van der Waals surface area (Å²) in [5, 5.41) is 3.04. The lowest BCUT2D eigenvalue weighted by atomic mass is 10.1. The van der Waals surface area contributed by atoms with Gasteiger partial charge in [-0.2, -0.15) is 0 Å². The van der Waals surface area contributed by atoms with Crippen molar-refractivity contribution in [3.05, 3.63) is 45.8 Å². The number of anilines is 1. The van der Waals surface area contributed by atoms with Gasteiger partial charge in [-0.3, -0.25) is 9.59 Å². The number of carbonyl (C=O) groups is 3. The number of thiophene rings is 1. The average Bonchev–Trinajstić information content (AvgIpc) is 2.98. The number of para-hydroxylation sites is 1. The number of esters is 2. The smallest absolute Gasteiger partial charge is 0.341 e. The van der Waals surface area contributed by atoms with Gasteiger partial charge >= 0.3 is 11.9 Å². The number of rotatable bonds is 9. The molecular formula is C21H25NO6S. The first-order chi connectivity index (χ1) is 13.9. The van der Waals surface area contributed by atoms with Crippen LogP contribution in [0.3, 0.4) is 0 Å². The molecule has 0 saturated carbocycles. The maximum atomic E-state index is 12.2. The molecule has 0 aliphatic rings. The molecule has 0 radical (unpaired) electrons. The molecule has 29 heavy (non-hydrogen) atoms. The van der Waals surface area contributed by atoms with E-state index in [0.717, 1.165) is 16.0 Å². The Hall–Kier alpha value is -2.87. The fourth-order valence-electron chi connectivity index (χ4n) is 2.69. The summed E-state index contributed by atoms with van der Waals surface area (Å²) in [5.41, 5.74) is 1.99. The van der Waals surface area contributed by atoms with Crippen LogP contribution in [0.5, 0.6) is 5.75 Å². The Bertz CT molecular complexity index is 889. The number of ether oxygens (including phenoxy) is 3. The summed E-state index contributed by atoms with van der Waals surface area (Å²) in [6.45, 7) is 5.18. The molecule has 1 N–H and O–H groups in total. The van der Waals surface area contributed by atoms with Gasteiger partial charge in [0.1, 0.15) is 10.8 Å². The van der Waals surface area contributed by atoms with Gasteiger partial charge < -0.3 is 19.5 Å². The van der Waals surface area contributed by atoms with Crippen molar-refractivity contribution in [2.24, 2.45) is 0 Å². The predicted molar refractivity (Wildman–Crippen MR) is 111 cm³/mol. The molecule has 1 amide bonds. The number of amides is 1. The number of aryl methyl sites for hydroxylation is 2. The minimum atomic E-state index is -0.512. The molecule has 8 heteroatoms. The minimum Gasteiger partial charge on any atom is -0.496 e. The highest BCUT2D eigenvalue weighted by molar-refractivity contribution is 7.16. The van der Waals surface area contributed by atoms with Gasteiger partial charge in [0.2, 0.25) is 0 Å². The molecule has 0 atom stereocenters. The van der Waals surface area contributed by atoms with Crippen LogP contribution in [0.25, 0.3) is 0 Å². The van der Waals surface area contributed by atoms with Crippen molar-refractivity contribution >= 4 is 34.2 Å². The maximum absolute atomic E-state index is 12.2. The lowest BCUT2D eigenvalue weighted by molar-refractivity contribution is -0.147. The van der Waals surface area contributed by atoms with E-state index in [1.165, 1.54) is 11.3 Å². The fourth-order valence-corrected chi connectivity index (χ4v) is 3.76. The molecular weight excluding hydrogens is 394 g/mol. The quantitative estimate of drug-likeness (QED) is 0.624. The van der Waals surface area contributed by atoms with Crippen LogP contribution < -0.4 is 10.1 Å². The molecule has 0 spiro atoms. The molecule has 156 valence electrons. The molecule has 1 heterocycles. The molecule has 0 bridgehead atoms. The maximum Gasteiger partial charge on any atom is 0.341 e. The summed E-state index contributed by atoms with van der Waals surface area (Å²) in [7, 11) is 1.57. The Balaban J connectivity index is 1.89. The van der Waals surface area contributed by atoms with Crippen molar-refractivity contribution < 1.29 is 28.6 Å². The Kier molecular flexibility index (Phi) is 8.21. The van der Waals surface area contributed by atoms with Crippen molar-refractivity contribution in [2.45, 2.75) is 33.6 Å². The Morgan fingerprint density at radius 2 is 1.83 bits per heavy atom. The first kappa shape index (κ1) is 22.4. The van der Waals surface area contributed by atoms with E-state index < -0.39 is 24.5 Å². The molecule has 0 fully saturated rings. The first-order valence-corrected chi connectivity index (χ1v) is 10.0. The van der Waals surface area contributed by atoms with Crippen LogP contribution in [0.15, 0.2) is 24.3 Å². The van der Waals surface area contributed by atoms with Crippen LogP contribution in [0.1, 0.15) is 39.7 Å². The van der Waals surface area contributed by atoms with Crippen molar-refractivity contribution in [2.75, 3.05) is 25.6 Å². The number of hydrogen-bond acceptors (Lipinski definition) is 7. The van der Waals surface area contributed by atoms with Crippen LogP contribution in [0, 0.1) is 13.8 Å². The topological polar surface area (TPSA) is 90.9 Å². The summed E-state index contributed by atoms with van der Waals surface area (Å²) < 4.78 is 15.4. The number of carbonyl (C=O) groups excluding carboxylic acids is 3. The number of methoxy groups -OCH3 is 1. The third-order valence-electron chi connectivity index (χ3n) is 4.27. The lowest BCUT2D eigenvalue weighted by Gasteiger charge is -2.09. The monoisotopic (exact) mass is 419 g/mol. The fraction of sp³-hybridized carbons (Fsp3) is 0.381. The van der Waals surface area contributed by atoms with Crippen LogP contribution in [0.2, 0.25) is 0 Å². The molecule has 1 aromatic carbocycles. The second kappa shape index (κ2) is 10.6. The lowest BCUT2D eigenvalue weighted by Crippen LogP contribution is -2.22.